The third kappa shape index (κ3) is 7.66. The van der Waals surface area contributed by atoms with Gasteiger partial charge in [0.25, 0.3) is 0 Å². The molecule has 1 amide bonds. The molecule has 0 saturated carbocycles. The fourth-order valence-electron chi connectivity index (χ4n) is 0.849. The molecule has 2 N–H and O–H groups in total. The molecule has 6 heteroatoms. The lowest BCUT2D eigenvalue weighted by molar-refractivity contribution is 0.0164. The monoisotopic (exact) mass is 231 g/mol. The topological polar surface area (TPSA) is 84.9 Å². The first-order valence-electron chi connectivity index (χ1n) is 4.74. The van der Waals surface area contributed by atoms with Crippen LogP contribution in [0.15, 0.2) is 12.7 Å². The zero-order chi connectivity index (χ0) is 12.8. The smallest absolute Gasteiger partial charge is 0.450 e. The van der Waals surface area contributed by atoms with Crippen LogP contribution in [0.2, 0.25) is 0 Å². The number of carbonyl (C=O) groups is 2. The number of alkyl carbamates (subject to hydrolysis) is 1. The van der Waals surface area contributed by atoms with Crippen molar-refractivity contribution in [2.24, 2.45) is 0 Å². The summed E-state index contributed by atoms with van der Waals surface area (Å²) in [6.07, 6.45) is -1.58. The standard InChI is InChI=1S/C10H17NO5/c1-5-6-7(15-9(13)14)11-8(12)16-10(2,3)4/h5,7H,1,6H2,2-4H3,(H,11,12)(H,13,14)/t7-/m1/s1. The van der Waals surface area contributed by atoms with Gasteiger partial charge in [-0.2, -0.15) is 0 Å². The predicted octanol–water partition coefficient (Wildman–Crippen LogP) is 2.11. The number of ether oxygens (including phenoxy) is 2. The van der Waals surface area contributed by atoms with E-state index in [0.717, 1.165) is 0 Å². The molecule has 0 rings (SSSR count). The highest BCUT2D eigenvalue weighted by Crippen LogP contribution is 2.07. The molecule has 0 unspecified atom stereocenters. The number of carboxylic acid groups (broad SMARTS) is 1. The summed E-state index contributed by atoms with van der Waals surface area (Å²) >= 11 is 0. The molecule has 92 valence electrons. The molecule has 0 bridgehead atoms. The number of rotatable bonds is 4. The number of amides is 1. The summed E-state index contributed by atoms with van der Waals surface area (Å²) in [5.41, 5.74) is -0.647. The summed E-state index contributed by atoms with van der Waals surface area (Å²) in [5.74, 6) is 0. The van der Waals surface area contributed by atoms with E-state index in [2.05, 4.69) is 16.6 Å². The molecule has 0 spiro atoms. The van der Waals surface area contributed by atoms with Gasteiger partial charge in [0.1, 0.15) is 5.60 Å². The normalized spacial score (nSPS) is 12.4. The molecule has 16 heavy (non-hydrogen) atoms. The Kier molecular flexibility index (Phi) is 5.35. The molecule has 1 atom stereocenters. The van der Waals surface area contributed by atoms with Gasteiger partial charge in [-0.1, -0.05) is 6.08 Å². The molecule has 0 aromatic rings. The first-order valence-corrected chi connectivity index (χ1v) is 4.74. The first-order chi connectivity index (χ1) is 7.24. The van der Waals surface area contributed by atoms with Gasteiger partial charge in [0.2, 0.25) is 0 Å². The Hall–Kier alpha value is -1.72. The van der Waals surface area contributed by atoms with E-state index in [9.17, 15) is 9.59 Å². The molecular weight excluding hydrogens is 214 g/mol. The number of nitrogens with one attached hydrogen (secondary N) is 1. The molecule has 0 fully saturated rings. The molecular formula is C10H17NO5. The lowest BCUT2D eigenvalue weighted by atomic mass is 10.2. The predicted molar refractivity (Wildman–Crippen MR) is 57.1 cm³/mol. The fourth-order valence-corrected chi connectivity index (χ4v) is 0.849. The van der Waals surface area contributed by atoms with Crippen molar-refractivity contribution < 1.29 is 24.2 Å². The van der Waals surface area contributed by atoms with Crippen molar-refractivity contribution in [1.29, 1.82) is 0 Å². The zero-order valence-electron chi connectivity index (χ0n) is 9.65. The zero-order valence-corrected chi connectivity index (χ0v) is 9.65. The van der Waals surface area contributed by atoms with Gasteiger partial charge < -0.3 is 14.6 Å². The molecule has 0 aromatic carbocycles. The minimum Gasteiger partial charge on any atom is -0.450 e. The van der Waals surface area contributed by atoms with Crippen molar-refractivity contribution in [3.63, 3.8) is 0 Å². The second-order valence-corrected chi connectivity index (χ2v) is 4.04. The van der Waals surface area contributed by atoms with Crippen LogP contribution in [-0.4, -0.2) is 29.2 Å². The summed E-state index contributed by atoms with van der Waals surface area (Å²) in [6, 6.07) is 0. The molecule has 0 radical (unpaired) electrons. The van der Waals surface area contributed by atoms with Crippen LogP contribution in [0, 0.1) is 0 Å². The first kappa shape index (κ1) is 14.3. The Labute approximate surface area is 94.2 Å². The Balaban J connectivity index is 4.22. The van der Waals surface area contributed by atoms with Crippen LogP contribution in [-0.2, 0) is 9.47 Å². The van der Waals surface area contributed by atoms with Gasteiger partial charge in [-0.3, -0.25) is 5.32 Å². The van der Waals surface area contributed by atoms with Crippen molar-refractivity contribution >= 4 is 12.2 Å². The van der Waals surface area contributed by atoms with Gasteiger partial charge in [0.05, 0.1) is 0 Å². The maximum atomic E-state index is 11.3. The molecule has 0 aromatic heterocycles. The third-order valence-electron chi connectivity index (χ3n) is 1.30. The van der Waals surface area contributed by atoms with Crippen LogP contribution in [0.1, 0.15) is 27.2 Å². The number of hydrogen-bond acceptors (Lipinski definition) is 4. The highest BCUT2D eigenvalue weighted by atomic mass is 16.7. The van der Waals surface area contributed by atoms with E-state index in [1.54, 1.807) is 20.8 Å². The summed E-state index contributed by atoms with van der Waals surface area (Å²) in [6.45, 7) is 8.53. The molecule has 0 aliphatic rings. The minimum atomic E-state index is -1.47. The van der Waals surface area contributed by atoms with E-state index in [1.807, 2.05) is 0 Å². The Morgan fingerprint density at radius 2 is 2.06 bits per heavy atom. The van der Waals surface area contributed by atoms with E-state index in [4.69, 9.17) is 9.84 Å². The van der Waals surface area contributed by atoms with Crippen LogP contribution in [0.3, 0.4) is 0 Å². The van der Waals surface area contributed by atoms with Crippen molar-refractivity contribution in [2.75, 3.05) is 0 Å². The van der Waals surface area contributed by atoms with E-state index < -0.39 is 24.1 Å². The molecule has 0 aliphatic heterocycles. The van der Waals surface area contributed by atoms with E-state index in [0.29, 0.717) is 0 Å². The largest absolute Gasteiger partial charge is 0.507 e. The SMILES string of the molecule is C=CC[C@H](NC(=O)OC(C)(C)C)OC(=O)O. The Bertz CT molecular complexity index is 269. The highest BCUT2D eigenvalue weighted by molar-refractivity contribution is 5.68. The average Bonchev–Trinajstić information content (AvgIpc) is 1.98. The number of carbonyl (C=O) groups excluding carboxylic acids is 1. The minimum absolute atomic E-state index is 0.172. The van der Waals surface area contributed by atoms with Crippen LogP contribution < -0.4 is 5.32 Å². The molecule has 0 saturated heterocycles. The lowest BCUT2D eigenvalue weighted by Crippen LogP contribution is -2.41. The van der Waals surface area contributed by atoms with E-state index in [-0.39, 0.29) is 6.42 Å². The van der Waals surface area contributed by atoms with Gasteiger partial charge in [0, 0.05) is 6.42 Å². The van der Waals surface area contributed by atoms with E-state index >= 15 is 0 Å². The molecule has 6 nitrogen and oxygen atoms in total. The van der Waals surface area contributed by atoms with E-state index in [1.165, 1.54) is 6.08 Å². The lowest BCUT2D eigenvalue weighted by Gasteiger charge is -2.22. The second-order valence-electron chi connectivity index (χ2n) is 4.04. The van der Waals surface area contributed by atoms with Crippen LogP contribution in [0.25, 0.3) is 0 Å². The van der Waals surface area contributed by atoms with Gasteiger partial charge >= 0.3 is 12.2 Å². The average molecular weight is 231 g/mol. The summed E-state index contributed by atoms with van der Waals surface area (Å²) < 4.78 is 9.35. The van der Waals surface area contributed by atoms with Crippen LogP contribution in [0.5, 0.6) is 0 Å². The maximum absolute atomic E-state index is 11.3. The highest BCUT2D eigenvalue weighted by Gasteiger charge is 2.20. The van der Waals surface area contributed by atoms with Gasteiger partial charge in [-0.15, -0.1) is 6.58 Å². The number of hydrogen-bond donors (Lipinski definition) is 2. The molecule has 0 heterocycles. The van der Waals surface area contributed by atoms with Crippen LogP contribution in [0.4, 0.5) is 9.59 Å². The Morgan fingerprint density at radius 1 is 1.50 bits per heavy atom. The van der Waals surface area contributed by atoms with Gasteiger partial charge in [-0.25, -0.2) is 9.59 Å². The second kappa shape index (κ2) is 5.99. The molecule has 0 aliphatic carbocycles. The quantitative estimate of drug-likeness (QED) is 0.439. The van der Waals surface area contributed by atoms with Crippen molar-refractivity contribution in [2.45, 2.75) is 39.0 Å². The van der Waals surface area contributed by atoms with Gasteiger partial charge in [0.15, 0.2) is 6.23 Å². The fraction of sp³-hybridized carbons (Fsp3) is 0.600. The summed E-state index contributed by atoms with van der Waals surface area (Å²) in [4.78, 5) is 21.6. The summed E-state index contributed by atoms with van der Waals surface area (Å²) in [7, 11) is 0. The maximum Gasteiger partial charge on any atom is 0.507 e. The summed E-state index contributed by atoms with van der Waals surface area (Å²) in [5, 5.41) is 10.7. The van der Waals surface area contributed by atoms with Gasteiger partial charge in [-0.05, 0) is 20.8 Å². The van der Waals surface area contributed by atoms with Crippen molar-refractivity contribution in [1.82, 2.24) is 5.32 Å². The van der Waals surface area contributed by atoms with Crippen molar-refractivity contribution in [3.8, 4) is 0 Å². The third-order valence-corrected chi connectivity index (χ3v) is 1.30. The Morgan fingerprint density at radius 3 is 2.44 bits per heavy atom. The van der Waals surface area contributed by atoms with Crippen molar-refractivity contribution in [3.05, 3.63) is 12.7 Å². The van der Waals surface area contributed by atoms with Crippen LogP contribution >= 0.6 is 0 Å².